The largest absolute Gasteiger partial charge is 0.369 e. The van der Waals surface area contributed by atoms with E-state index in [4.69, 9.17) is 19.6 Å². The van der Waals surface area contributed by atoms with Gasteiger partial charge in [-0.05, 0) is 33.0 Å². The first-order chi connectivity index (χ1) is 8.95. The summed E-state index contributed by atoms with van der Waals surface area (Å²) in [5.74, 6) is 0. The third kappa shape index (κ3) is 5.92. The van der Waals surface area contributed by atoms with Crippen LogP contribution < -0.4 is 0 Å². The van der Waals surface area contributed by atoms with Crippen LogP contribution in [0.25, 0.3) is 0 Å². The smallest absolute Gasteiger partial charge is 0.368 e. The highest BCUT2D eigenvalue weighted by Gasteiger charge is 2.58. The molecule has 5 N–H and O–H groups in total. The average molecular weight is 333 g/mol. The molecule has 0 unspecified atom stereocenters. The fourth-order valence-corrected chi connectivity index (χ4v) is 4.05. The van der Waals surface area contributed by atoms with Crippen molar-refractivity contribution in [2.45, 2.75) is 44.1 Å². The van der Waals surface area contributed by atoms with Crippen molar-refractivity contribution >= 4 is 15.2 Å². The molecule has 20 heavy (non-hydrogen) atoms. The Labute approximate surface area is 119 Å². The molecule has 0 aliphatic heterocycles. The van der Waals surface area contributed by atoms with E-state index in [2.05, 4.69) is 6.92 Å². The highest BCUT2D eigenvalue weighted by Crippen LogP contribution is 2.69. The zero-order valence-corrected chi connectivity index (χ0v) is 13.6. The summed E-state index contributed by atoms with van der Waals surface area (Å²) in [6.45, 7) is 3.25. The molecule has 10 heteroatoms. The van der Waals surface area contributed by atoms with E-state index >= 15 is 0 Å². The Morgan fingerprint density at radius 2 is 1.40 bits per heavy atom. The Bertz CT molecular complexity index is 356. The van der Waals surface area contributed by atoms with E-state index in [1.165, 1.54) is 0 Å². The summed E-state index contributed by atoms with van der Waals surface area (Å²) in [6, 6.07) is 0. The lowest BCUT2D eigenvalue weighted by Crippen LogP contribution is -2.30. The summed E-state index contributed by atoms with van der Waals surface area (Å²) < 4.78 is 22.3. The zero-order chi connectivity index (χ0) is 16.0. The Morgan fingerprint density at radius 3 is 1.80 bits per heavy atom. The predicted molar refractivity (Wildman–Crippen MR) is 75.3 cm³/mol. The highest BCUT2D eigenvalue weighted by molar-refractivity contribution is 7.72. The van der Waals surface area contributed by atoms with Crippen LogP contribution >= 0.6 is 15.2 Å². The van der Waals surface area contributed by atoms with E-state index in [9.17, 15) is 14.2 Å². The summed E-state index contributed by atoms with van der Waals surface area (Å²) in [4.78, 5) is 37.8. The second-order valence-corrected chi connectivity index (χ2v) is 8.98. The molecule has 0 radical (unpaired) electrons. The normalized spacial score (nSPS) is 14.0. The van der Waals surface area contributed by atoms with Crippen LogP contribution in [0.15, 0.2) is 0 Å². The molecule has 0 atom stereocenters. The number of unbranched alkanes of at least 4 members (excludes halogenated alkanes) is 2. The minimum absolute atomic E-state index is 0.0787. The monoisotopic (exact) mass is 333 g/mol. The van der Waals surface area contributed by atoms with E-state index in [1.54, 1.807) is 0 Å². The van der Waals surface area contributed by atoms with Gasteiger partial charge < -0.3 is 29.6 Å². The molecule has 0 spiro atoms. The fourth-order valence-electron chi connectivity index (χ4n) is 1.79. The third-order valence-corrected chi connectivity index (χ3v) is 7.00. The SMILES string of the molecule is CCCCCN(C)CCCC(O)(P(=O)(O)O)P(=O)(O)O. The maximum atomic E-state index is 11.1. The van der Waals surface area contributed by atoms with Crippen molar-refractivity contribution in [1.29, 1.82) is 0 Å². The first-order valence-corrected chi connectivity index (χ1v) is 9.70. The van der Waals surface area contributed by atoms with Crippen LogP contribution in [-0.2, 0) is 9.13 Å². The van der Waals surface area contributed by atoms with Gasteiger partial charge in [-0.3, -0.25) is 9.13 Å². The zero-order valence-electron chi connectivity index (χ0n) is 11.8. The van der Waals surface area contributed by atoms with Crippen LogP contribution in [0.4, 0.5) is 0 Å². The second-order valence-electron chi connectivity index (χ2n) is 4.98. The van der Waals surface area contributed by atoms with E-state index in [-0.39, 0.29) is 6.42 Å². The first-order valence-electron chi connectivity index (χ1n) is 6.48. The van der Waals surface area contributed by atoms with E-state index in [0.29, 0.717) is 6.54 Å². The van der Waals surface area contributed by atoms with Gasteiger partial charge in [0, 0.05) is 6.42 Å². The van der Waals surface area contributed by atoms with Gasteiger partial charge in [-0.2, -0.15) is 0 Å². The minimum atomic E-state index is -5.32. The van der Waals surface area contributed by atoms with Crippen LogP contribution in [0.1, 0.15) is 39.0 Å². The van der Waals surface area contributed by atoms with Crippen molar-refractivity contribution in [3.63, 3.8) is 0 Å². The lowest BCUT2D eigenvalue weighted by molar-refractivity contribution is 0.117. The number of hydrogen-bond acceptors (Lipinski definition) is 4. The summed E-state index contributed by atoms with van der Waals surface area (Å²) in [5, 5.41) is 6.38. The molecular weight excluding hydrogens is 308 g/mol. The lowest BCUT2D eigenvalue weighted by Gasteiger charge is -2.29. The molecule has 0 aliphatic rings. The lowest BCUT2D eigenvalue weighted by atomic mass is 10.2. The average Bonchev–Trinajstić information content (AvgIpc) is 2.26. The summed E-state index contributed by atoms with van der Waals surface area (Å²) in [6.07, 6.45) is 2.55. The number of nitrogens with zero attached hydrogens (tertiary/aromatic N) is 1. The van der Waals surface area contributed by atoms with Crippen LogP contribution in [0, 0.1) is 0 Å². The molecule has 0 aromatic heterocycles. The van der Waals surface area contributed by atoms with Crippen LogP contribution in [0.2, 0.25) is 0 Å². The van der Waals surface area contributed by atoms with Gasteiger partial charge in [0.25, 0.3) is 5.08 Å². The second kappa shape index (κ2) is 8.01. The van der Waals surface area contributed by atoms with Crippen molar-refractivity contribution in [3.8, 4) is 0 Å². The van der Waals surface area contributed by atoms with Crippen molar-refractivity contribution in [2.24, 2.45) is 0 Å². The highest BCUT2D eigenvalue weighted by atomic mass is 31.2. The summed E-state index contributed by atoms with van der Waals surface area (Å²) in [7, 11) is -8.83. The van der Waals surface area contributed by atoms with E-state index in [0.717, 1.165) is 25.8 Å². The standard InChI is InChI=1S/C10H25NO7P2/c1-3-4-5-8-11(2)9-6-7-10(12,19(13,14)15)20(16,17)18/h12H,3-9H2,1-2H3,(H2,13,14,15)(H2,16,17,18). The Balaban J connectivity index is 4.45. The molecule has 8 nitrogen and oxygen atoms in total. The number of rotatable bonds is 10. The van der Waals surface area contributed by atoms with Gasteiger partial charge in [-0.25, -0.2) is 0 Å². The Hall–Kier alpha value is 0.220. The molecule has 122 valence electrons. The first kappa shape index (κ1) is 20.2. The van der Waals surface area contributed by atoms with Gasteiger partial charge in [-0.15, -0.1) is 0 Å². The Morgan fingerprint density at radius 1 is 0.950 bits per heavy atom. The molecular formula is C10H25NO7P2. The number of aliphatic hydroxyl groups is 1. The molecule has 0 fully saturated rings. The molecule has 0 aromatic rings. The number of hydrogen-bond donors (Lipinski definition) is 5. The summed E-state index contributed by atoms with van der Waals surface area (Å²) in [5.41, 5.74) is 0. The van der Waals surface area contributed by atoms with E-state index in [1.807, 2.05) is 11.9 Å². The fraction of sp³-hybridized carbons (Fsp3) is 1.00. The van der Waals surface area contributed by atoms with E-state index < -0.39 is 26.7 Å². The maximum absolute atomic E-state index is 11.1. The molecule has 0 rings (SSSR count). The molecule has 0 saturated heterocycles. The van der Waals surface area contributed by atoms with Crippen LogP contribution in [0.5, 0.6) is 0 Å². The van der Waals surface area contributed by atoms with Gasteiger partial charge in [0.05, 0.1) is 0 Å². The van der Waals surface area contributed by atoms with Crippen LogP contribution in [0.3, 0.4) is 0 Å². The van der Waals surface area contributed by atoms with Gasteiger partial charge in [0.15, 0.2) is 0 Å². The van der Waals surface area contributed by atoms with Crippen molar-refractivity contribution in [2.75, 3.05) is 20.1 Å². The third-order valence-electron chi connectivity index (χ3n) is 3.13. The molecule has 0 amide bonds. The van der Waals surface area contributed by atoms with Crippen LogP contribution in [-0.4, -0.2) is 54.8 Å². The molecule has 0 aliphatic carbocycles. The molecule has 0 heterocycles. The molecule has 0 saturated carbocycles. The Kier molecular flexibility index (Phi) is 8.10. The van der Waals surface area contributed by atoms with Gasteiger partial charge >= 0.3 is 15.2 Å². The maximum Gasteiger partial charge on any atom is 0.369 e. The quantitative estimate of drug-likeness (QED) is 0.293. The van der Waals surface area contributed by atoms with Gasteiger partial charge in [-0.1, -0.05) is 19.8 Å². The minimum Gasteiger partial charge on any atom is -0.368 e. The van der Waals surface area contributed by atoms with Gasteiger partial charge in [0.1, 0.15) is 0 Å². The van der Waals surface area contributed by atoms with Crippen molar-refractivity contribution < 1.29 is 33.8 Å². The topological polar surface area (TPSA) is 139 Å². The predicted octanol–water partition coefficient (Wildman–Crippen LogP) is 0.890. The molecule has 0 bridgehead atoms. The summed E-state index contributed by atoms with van der Waals surface area (Å²) >= 11 is 0. The molecule has 0 aromatic carbocycles. The van der Waals surface area contributed by atoms with Gasteiger partial charge in [0.2, 0.25) is 0 Å². The van der Waals surface area contributed by atoms with Crippen molar-refractivity contribution in [1.82, 2.24) is 4.90 Å². The van der Waals surface area contributed by atoms with Crippen molar-refractivity contribution in [3.05, 3.63) is 0 Å².